The van der Waals surface area contributed by atoms with Gasteiger partial charge in [-0.25, -0.2) is 0 Å². The zero-order chi connectivity index (χ0) is 13.5. The standard InChI is InChI=1S/C13H18Br2N2O/c1-3-17(4-2)6-5-16-13(18)10-7-11(14)9-12(15)8-10/h7-9H,3-6H2,1-2H3,(H,16,18). The SMILES string of the molecule is CCN(CC)CCNC(=O)c1cc(Br)cc(Br)c1. The molecule has 0 aliphatic rings. The second-order valence-corrected chi connectivity index (χ2v) is 5.77. The van der Waals surface area contributed by atoms with E-state index in [1.165, 1.54) is 0 Å². The van der Waals surface area contributed by atoms with Crippen molar-refractivity contribution >= 4 is 37.8 Å². The predicted molar refractivity (Wildman–Crippen MR) is 82.0 cm³/mol. The van der Waals surface area contributed by atoms with E-state index in [0.29, 0.717) is 12.1 Å². The Balaban J connectivity index is 2.50. The molecule has 0 atom stereocenters. The van der Waals surface area contributed by atoms with Crippen molar-refractivity contribution in [2.24, 2.45) is 0 Å². The number of nitrogens with zero attached hydrogens (tertiary/aromatic N) is 1. The average molecular weight is 378 g/mol. The molecule has 0 saturated carbocycles. The van der Waals surface area contributed by atoms with Gasteiger partial charge in [0.05, 0.1) is 0 Å². The summed E-state index contributed by atoms with van der Waals surface area (Å²) in [6.07, 6.45) is 0. The van der Waals surface area contributed by atoms with Crippen LogP contribution in [0.3, 0.4) is 0 Å². The summed E-state index contributed by atoms with van der Waals surface area (Å²) in [6.45, 7) is 7.82. The van der Waals surface area contributed by atoms with Crippen LogP contribution in [-0.2, 0) is 0 Å². The van der Waals surface area contributed by atoms with Gasteiger partial charge in [0.1, 0.15) is 0 Å². The van der Waals surface area contributed by atoms with Crippen LogP contribution >= 0.6 is 31.9 Å². The van der Waals surface area contributed by atoms with E-state index >= 15 is 0 Å². The second kappa shape index (κ2) is 7.92. The number of likely N-dealkylation sites (N-methyl/N-ethyl adjacent to an activating group) is 1. The summed E-state index contributed by atoms with van der Waals surface area (Å²) >= 11 is 6.75. The third-order valence-electron chi connectivity index (χ3n) is 2.73. The average Bonchev–Trinajstić information content (AvgIpc) is 2.33. The molecule has 1 aromatic rings. The van der Waals surface area contributed by atoms with E-state index in [1.54, 1.807) is 0 Å². The highest BCUT2D eigenvalue weighted by atomic mass is 79.9. The van der Waals surface area contributed by atoms with Gasteiger partial charge in [-0.1, -0.05) is 45.7 Å². The molecule has 0 radical (unpaired) electrons. The van der Waals surface area contributed by atoms with E-state index in [1.807, 2.05) is 18.2 Å². The van der Waals surface area contributed by atoms with Crippen LogP contribution in [0.25, 0.3) is 0 Å². The van der Waals surface area contributed by atoms with E-state index in [4.69, 9.17) is 0 Å². The van der Waals surface area contributed by atoms with Gasteiger partial charge in [-0.2, -0.15) is 0 Å². The van der Waals surface area contributed by atoms with Crippen molar-refractivity contribution in [1.82, 2.24) is 10.2 Å². The fraction of sp³-hybridized carbons (Fsp3) is 0.462. The minimum absolute atomic E-state index is 0.0378. The Morgan fingerprint density at radius 2 is 1.72 bits per heavy atom. The van der Waals surface area contributed by atoms with Gasteiger partial charge < -0.3 is 10.2 Å². The molecule has 1 amide bonds. The van der Waals surface area contributed by atoms with Crippen LogP contribution in [0, 0.1) is 0 Å². The first-order chi connectivity index (χ1) is 8.56. The zero-order valence-electron chi connectivity index (χ0n) is 10.7. The Labute approximate surface area is 125 Å². The minimum atomic E-state index is -0.0378. The Hall–Kier alpha value is -0.390. The molecule has 1 N–H and O–H groups in total. The lowest BCUT2D eigenvalue weighted by Gasteiger charge is -2.18. The molecule has 0 bridgehead atoms. The lowest BCUT2D eigenvalue weighted by atomic mass is 10.2. The lowest BCUT2D eigenvalue weighted by molar-refractivity contribution is 0.0949. The van der Waals surface area contributed by atoms with Crippen LogP contribution in [0.2, 0.25) is 0 Å². The van der Waals surface area contributed by atoms with Crippen molar-refractivity contribution in [3.63, 3.8) is 0 Å². The van der Waals surface area contributed by atoms with Gasteiger partial charge in [0.2, 0.25) is 0 Å². The van der Waals surface area contributed by atoms with E-state index in [2.05, 4.69) is 55.9 Å². The Bertz CT molecular complexity index is 386. The first-order valence-corrected chi connectivity index (χ1v) is 7.62. The van der Waals surface area contributed by atoms with Gasteiger partial charge in [0.15, 0.2) is 0 Å². The minimum Gasteiger partial charge on any atom is -0.351 e. The number of rotatable bonds is 6. The number of amides is 1. The summed E-state index contributed by atoms with van der Waals surface area (Å²) in [5.74, 6) is -0.0378. The van der Waals surface area contributed by atoms with Crippen LogP contribution in [0.5, 0.6) is 0 Å². The normalized spacial score (nSPS) is 10.7. The maximum atomic E-state index is 11.9. The third-order valence-corrected chi connectivity index (χ3v) is 3.65. The molecular formula is C13H18Br2N2O. The monoisotopic (exact) mass is 376 g/mol. The molecule has 100 valence electrons. The van der Waals surface area contributed by atoms with Crippen molar-refractivity contribution in [2.45, 2.75) is 13.8 Å². The number of halogens is 2. The highest BCUT2D eigenvalue weighted by molar-refractivity contribution is 9.11. The smallest absolute Gasteiger partial charge is 0.251 e. The summed E-state index contributed by atoms with van der Waals surface area (Å²) < 4.78 is 1.79. The first-order valence-electron chi connectivity index (χ1n) is 6.03. The zero-order valence-corrected chi connectivity index (χ0v) is 13.8. The molecule has 3 nitrogen and oxygen atoms in total. The van der Waals surface area contributed by atoms with Gasteiger partial charge in [-0.15, -0.1) is 0 Å². The van der Waals surface area contributed by atoms with E-state index in [-0.39, 0.29) is 5.91 Å². The van der Waals surface area contributed by atoms with Crippen molar-refractivity contribution in [3.8, 4) is 0 Å². The highest BCUT2D eigenvalue weighted by Gasteiger charge is 2.07. The maximum absolute atomic E-state index is 11.9. The summed E-state index contributed by atoms with van der Waals surface area (Å²) in [7, 11) is 0. The van der Waals surface area contributed by atoms with Gasteiger partial charge in [0, 0.05) is 27.6 Å². The third kappa shape index (κ3) is 5.08. The quantitative estimate of drug-likeness (QED) is 0.824. The molecule has 1 aromatic carbocycles. The summed E-state index contributed by atoms with van der Waals surface area (Å²) in [4.78, 5) is 14.2. The molecule has 0 aromatic heterocycles. The Morgan fingerprint density at radius 1 is 1.17 bits per heavy atom. The summed E-state index contributed by atoms with van der Waals surface area (Å²) in [5.41, 5.74) is 0.663. The molecule has 0 aliphatic heterocycles. The van der Waals surface area contributed by atoms with Gasteiger partial charge in [0.25, 0.3) is 5.91 Å². The van der Waals surface area contributed by atoms with Crippen LogP contribution in [0.4, 0.5) is 0 Å². The number of carbonyl (C=O) groups excluding carboxylic acids is 1. The summed E-state index contributed by atoms with van der Waals surface area (Å²) in [5, 5.41) is 2.93. The number of nitrogens with one attached hydrogen (secondary N) is 1. The number of carbonyl (C=O) groups is 1. The fourth-order valence-corrected chi connectivity index (χ4v) is 2.95. The van der Waals surface area contributed by atoms with Crippen LogP contribution in [0.1, 0.15) is 24.2 Å². The van der Waals surface area contributed by atoms with E-state index in [9.17, 15) is 4.79 Å². The molecule has 0 heterocycles. The number of benzene rings is 1. The number of hydrogen-bond acceptors (Lipinski definition) is 2. The topological polar surface area (TPSA) is 32.3 Å². The van der Waals surface area contributed by atoms with E-state index in [0.717, 1.165) is 28.6 Å². The van der Waals surface area contributed by atoms with Crippen molar-refractivity contribution in [3.05, 3.63) is 32.7 Å². The van der Waals surface area contributed by atoms with Crippen LogP contribution < -0.4 is 5.32 Å². The lowest BCUT2D eigenvalue weighted by Crippen LogP contribution is -2.34. The Morgan fingerprint density at radius 3 is 2.22 bits per heavy atom. The highest BCUT2D eigenvalue weighted by Crippen LogP contribution is 2.19. The molecular weight excluding hydrogens is 360 g/mol. The molecule has 5 heteroatoms. The van der Waals surface area contributed by atoms with Crippen molar-refractivity contribution in [2.75, 3.05) is 26.2 Å². The molecule has 0 fully saturated rings. The predicted octanol–water partition coefficient (Wildman–Crippen LogP) is 3.28. The molecule has 0 unspecified atom stereocenters. The maximum Gasteiger partial charge on any atom is 0.251 e. The molecule has 18 heavy (non-hydrogen) atoms. The first kappa shape index (κ1) is 15.7. The molecule has 0 saturated heterocycles. The fourth-order valence-electron chi connectivity index (χ4n) is 1.65. The molecule has 1 rings (SSSR count). The van der Waals surface area contributed by atoms with Crippen molar-refractivity contribution in [1.29, 1.82) is 0 Å². The summed E-state index contributed by atoms with van der Waals surface area (Å²) in [6, 6.07) is 5.54. The van der Waals surface area contributed by atoms with Crippen LogP contribution in [-0.4, -0.2) is 37.0 Å². The van der Waals surface area contributed by atoms with Gasteiger partial charge in [-0.05, 0) is 31.3 Å². The molecule has 0 spiro atoms. The van der Waals surface area contributed by atoms with E-state index < -0.39 is 0 Å². The Kier molecular flexibility index (Phi) is 6.89. The van der Waals surface area contributed by atoms with Gasteiger partial charge >= 0.3 is 0 Å². The van der Waals surface area contributed by atoms with Crippen LogP contribution in [0.15, 0.2) is 27.1 Å². The number of hydrogen-bond donors (Lipinski definition) is 1. The van der Waals surface area contributed by atoms with Crippen molar-refractivity contribution < 1.29 is 4.79 Å². The van der Waals surface area contributed by atoms with Gasteiger partial charge in [-0.3, -0.25) is 4.79 Å². The second-order valence-electron chi connectivity index (χ2n) is 3.94. The molecule has 0 aliphatic carbocycles. The largest absolute Gasteiger partial charge is 0.351 e.